The lowest BCUT2D eigenvalue weighted by molar-refractivity contribution is 0.0658. The Kier molecular flexibility index (Phi) is 3.89. The van der Waals surface area contributed by atoms with Crippen molar-refractivity contribution >= 4 is 17.2 Å². The first-order valence-corrected chi connectivity index (χ1v) is 8.11. The molecule has 3 rings (SSSR count). The number of likely N-dealkylation sites (tertiary alicyclic amines) is 1. The van der Waals surface area contributed by atoms with Crippen molar-refractivity contribution in [2.45, 2.75) is 38.5 Å². The monoisotopic (exact) mass is 279 g/mol. The molecule has 0 radical (unpaired) electrons. The zero-order valence-corrected chi connectivity index (χ0v) is 12.0. The molecule has 1 amide bonds. The normalized spacial score (nSPS) is 22.6. The van der Waals surface area contributed by atoms with Gasteiger partial charge in [-0.05, 0) is 56.1 Å². The third-order valence-electron chi connectivity index (χ3n) is 4.30. The van der Waals surface area contributed by atoms with Gasteiger partial charge in [-0.3, -0.25) is 4.79 Å². The van der Waals surface area contributed by atoms with Crippen LogP contribution in [0.4, 0.5) is 0 Å². The van der Waals surface area contributed by atoms with Crippen LogP contribution in [0.15, 0.2) is 6.07 Å². The molecule has 1 aromatic rings. The number of carbonyl (C=O) groups excluding carboxylic acids is 1. The number of aliphatic hydroxyl groups excluding tert-OH is 1. The predicted octanol–water partition coefficient (Wildman–Crippen LogP) is 2.47. The molecule has 0 aromatic carbocycles. The molecule has 1 N–H and O–H groups in total. The molecule has 1 fully saturated rings. The molecule has 0 bridgehead atoms. The highest BCUT2D eigenvalue weighted by Crippen LogP contribution is 2.32. The Bertz CT molecular complexity index is 445. The van der Waals surface area contributed by atoms with Gasteiger partial charge < -0.3 is 10.0 Å². The summed E-state index contributed by atoms with van der Waals surface area (Å²) in [6.07, 6.45) is 6.59. The van der Waals surface area contributed by atoms with Gasteiger partial charge in [0.15, 0.2) is 0 Å². The molecule has 19 heavy (non-hydrogen) atoms. The highest BCUT2D eigenvalue weighted by molar-refractivity contribution is 7.14. The zero-order chi connectivity index (χ0) is 13.2. The molecule has 1 atom stereocenters. The van der Waals surface area contributed by atoms with Gasteiger partial charge in [-0.25, -0.2) is 0 Å². The lowest BCUT2D eigenvalue weighted by atomic mass is 9.95. The zero-order valence-electron chi connectivity index (χ0n) is 11.2. The summed E-state index contributed by atoms with van der Waals surface area (Å²) >= 11 is 1.70. The second kappa shape index (κ2) is 5.63. The number of hydrogen-bond acceptors (Lipinski definition) is 3. The van der Waals surface area contributed by atoms with Gasteiger partial charge in [-0.1, -0.05) is 0 Å². The predicted molar refractivity (Wildman–Crippen MR) is 76.7 cm³/mol. The van der Waals surface area contributed by atoms with Crippen LogP contribution in [0, 0.1) is 5.92 Å². The summed E-state index contributed by atoms with van der Waals surface area (Å²) < 4.78 is 0. The van der Waals surface area contributed by atoms with E-state index in [0.717, 1.165) is 50.1 Å². The second-order valence-corrected chi connectivity index (χ2v) is 6.82. The minimum absolute atomic E-state index is 0.210. The number of aliphatic hydroxyl groups is 1. The minimum Gasteiger partial charge on any atom is -0.396 e. The van der Waals surface area contributed by atoms with Gasteiger partial charge in [0.05, 0.1) is 4.88 Å². The maximum atomic E-state index is 12.5. The van der Waals surface area contributed by atoms with Gasteiger partial charge >= 0.3 is 0 Å². The van der Waals surface area contributed by atoms with Gasteiger partial charge in [0.1, 0.15) is 0 Å². The van der Waals surface area contributed by atoms with Crippen LogP contribution in [0.5, 0.6) is 0 Å². The average molecular weight is 279 g/mol. The van der Waals surface area contributed by atoms with Crippen LogP contribution in [0.2, 0.25) is 0 Å². The fourth-order valence-electron chi connectivity index (χ4n) is 3.26. The number of nitrogens with zero attached hydrogens (tertiary/aromatic N) is 1. The number of thiophene rings is 1. The number of amides is 1. The number of carbonyl (C=O) groups is 1. The summed E-state index contributed by atoms with van der Waals surface area (Å²) in [5.74, 6) is 0.691. The Morgan fingerprint density at radius 1 is 1.42 bits per heavy atom. The van der Waals surface area contributed by atoms with Gasteiger partial charge in [0.2, 0.25) is 0 Å². The number of rotatable bonds is 3. The lowest BCUT2D eigenvalue weighted by Crippen LogP contribution is -2.39. The number of hydrogen-bond donors (Lipinski definition) is 1. The van der Waals surface area contributed by atoms with E-state index in [1.54, 1.807) is 11.3 Å². The largest absolute Gasteiger partial charge is 0.396 e. The molecular formula is C15H21NO2S. The van der Waals surface area contributed by atoms with E-state index in [1.807, 2.05) is 4.90 Å². The molecule has 0 saturated carbocycles. The molecule has 2 heterocycles. The van der Waals surface area contributed by atoms with Crippen LogP contribution in [0.1, 0.15) is 45.8 Å². The van der Waals surface area contributed by atoms with Crippen LogP contribution in [-0.4, -0.2) is 35.6 Å². The highest BCUT2D eigenvalue weighted by atomic mass is 32.1. The van der Waals surface area contributed by atoms with Crippen molar-refractivity contribution in [2.24, 2.45) is 5.92 Å². The fraction of sp³-hybridized carbons (Fsp3) is 0.667. The van der Waals surface area contributed by atoms with Crippen LogP contribution >= 0.6 is 11.3 Å². The van der Waals surface area contributed by atoms with Crippen molar-refractivity contribution in [1.82, 2.24) is 4.90 Å². The van der Waals surface area contributed by atoms with E-state index in [0.29, 0.717) is 5.92 Å². The molecule has 2 aliphatic rings. The highest BCUT2D eigenvalue weighted by Gasteiger charge is 2.26. The quantitative estimate of drug-likeness (QED) is 0.923. The van der Waals surface area contributed by atoms with E-state index in [9.17, 15) is 4.79 Å². The molecule has 1 unspecified atom stereocenters. The van der Waals surface area contributed by atoms with E-state index >= 15 is 0 Å². The maximum absolute atomic E-state index is 12.5. The summed E-state index contributed by atoms with van der Waals surface area (Å²) in [5.41, 5.74) is 1.40. The first kappa shape index (κ1) is 13.1. The molecule has 104 valence electrons. The smallest absolute Gasteiger partial charge is 0.263 e. The average Bonchev–Trinajstić information content (AvgIpc) is 2.99. The van der Waals surface area contributed by atoms with Crippen molar-refractivity contribution in [1.29, 1.82) is 0 Å². The van der Waals surface area contributed by atoms with E-state index in [4.69, 9.17) is 5.11 Å². The SMILES string of the molecule is O=C(c1cc2c(s1)CCC2)N1CCCC(CCO)C1. The van der Waals surface area contributed by atoms with Gasteiger partial charge in [-0.2, -0.15) is 0 Å². The number of fused-ring (bicyclic) bond motifs is 1. The van der Waals surface area contributed by atoms with Gasteiger partial charge in [-0.15, -0.1) is 11.3 Å². The third kappa shape index (κ3) is 2.70. The van der Waals surface area contributed by atoms with Gasteiger partial charge in [0.25, 0.3) is 5.91 Å². The van der Waals surface area contributed by atoms with Crippen LogP contribution in [-0.2, 0) is 12.8 Å². The molecule has 1 saturated heterocycles. The molecule has 1 aliphatic heterocycles. The summed E-state index contributed by atoms with van der Waals surface area (Å²) in [6, 6.07) is 2.12. The maximum Gasteiger partial charge on any atom is 0.263 e. The first-order valence-electron chi connectivity index (χ1n) is 7.29. The van der Waals surface area contributed by atoms with Crippen LogP contribution in [0.3, 0.4) is 0 Å². The Morgan fingerprint density at radius 3 is 3.11 bits per heavy atom. The summed E-state index contributed by atoms with van der Waals surface area (Å²) in [5, 5.41) is 9.04. The van der Waals surface area contributed by atoms with E-state index in [2.05, 4.69) is 6.07 Å². The topological polar surface area (TPSA) is 40.5 Å². The lowest BCUT2D eigenvalue weighted by Gasteiger charge is -2.32. The molecular weight excluding hydrogens is 258 g/mol. The third-order valence-corrected chi connectivity index (χ3v) is 5.53. The van der Waals surface area contributed by atoms with Crippen molar-refractivity contribution < 1.29 is 9.90 Å². The fourth-order valence-corrected chi connectivity index (χ4v) is 4.48. The van der Waals surface area contributed by atoms with E-state index in [-0.39, 0.29) is 12.5 Å². The minimum atomic E-state index is 0.210. The summed E-state index contributed by atoms with van der Waals surface area (Å²) in [4.78, 5) is 16.9. The molecule has 0 spiro atoms. The Morgan fingerprint density at radius 2 is 2.32 bits per heavy atom. The molecule has 1 aliphatic carbocycles. The Hall–Kier alpha value is -0.870. The molecule has 3 nitrogen and oxygen atoms in total. The van der Waals surface area contributed by atoms with E-state index in [1.165, 1.54) is 16.9 Å². The van der Waals surface area contributed by atoms with Crippen molar-refractivity contribution in [2.75, 3.05) is 19.7 Å². The van der Waals surface area contributed by atoms with Crippen LogP contribution in [0.25, 0.3) is 0 Å². The van der Waals surface area contributed by atoms with Gasteiger partial charge in [0, 0.05) is 24.6 Å². The number of piperidine rings is 1. The summed E-state index contributed by atoms with van der Waals surface area (Å²) in [7, 11) is 0. The first-order chi connectivity index (χ1) is 9.28. The standard InChI is InChI=1S/C15H21NO2S/c17-8-6-11-3-2-7-16(10-11)15(18)14-9-12-4-1-5-13(12)19-14/h9,11,17H,1-8,10H2. The van der Waals surface area contributed by atoms with Crippen molar-refractivity contribution in [3.63, 3.8) is 0 Å². The van der Waals surface area contributed by atoms with E-state index < -0.39 is 0 Å². The van der Waals surface area contributed by atoms with Crippen molar-refractivity contribution in [3.8, 4) is 0 Å². The van der Waals surface area contributed by atoms with Crippen LogP contribution < -0.4 is 0 Å². The second-order valence-electron chi connectivity index (χ2n) is 5.68. The molecule has 4 heteroatoms. The molecule has 1 aromatic heterocycles. The van der Waals surface area contributed by atoms with Crippen molar-refractivity contribution in [3.05, 3.63) is 21.4 Å². The Labute approximate surface area is 118 Å². The summed E-state index contributed by atoms with van der Waals surface area (Å²) in [6.45, 7) is 1.94. The Balaban J connectivity index is 1.68. The number of aryl methyl sites for hydroxylation is 2.